The van der Waals surface area contributed by atoms with Crippen LogP contribution in [-0.4, -0.2) is 16.0 Å². The van der Waals surface area contributed by atoms with Crippen molar-refractivity contribution in [1.29, 1.82) is 0 Å². The highest BCUT2D eigenvalue weighted by atomic mass is 15.1. The van der Waals surface area contributed by atoms with E-state index in [-0.39, 0.29) is 0 Å². The number of nitrogens with two attached hydrogens (primary N) is 1. The topological polar surface area (TPSA) is 63.8 Å². The van der Waals surface area contributed by atoms with Gasteiger partial charge in [0.1, 0.15) is 17.5 Å². The summed E-state index contributed by atoms with van der Waals surface area (Å²) < 4.78 is 0. The highest BCUT2D eigenvalue weighted by molar-refractivity contribution is 5.44. The Labute approximate surface area is 97.7 Å². The molecule has 0 aliphatic rings. The molecule has 90 valence electrons. The van der Waals surface area contributed by atoms with Crippen LogP contribution in [0.1, 0.15) is 39.4 Å². The van der Waals surface area contributed by atoms with Crippen LogP contribution in [0.15, 0.2) is 6.07 Å². The minimum absolute atomic E-state index is 0.413. The Morgan fingerprint density at radius 3 is 2.50 bits per heavy atom. The van der Waals surface area contributed by atoms with Crippen LogP contribution in [0, 0.1) is 12.8 Å². The highest BCUT2D eigenvalue weighted by Crippen LogP contribution is 2.13. The Kier molecular flexibility index (Phi) is 4.52. The minimum Gasteiger partial charge on any atom is -0.384 e. The van der Waals surface area contributed by atoms with E-state index in [0.29, 0.717) is 17.7 Å². The van der Waals surface area contributed by atoms with Gasteiger partial charge in [0.05, 0.1) is 0 Å². The Bertz CT molecular complexity index is 316. The fourth-order valence-corrected chi connectivity index (χ4v) is 1.57. The Hall–Kier alpha value is -1.32. The molecule has 1 heterocycles. The van der Waals surface area contributed by atoms with Crippen LogP contribution in [0.2, 0.25) is 0 Å². The van der Waals surface area contributed by atoms with Crippen molar-refractivity contribution < 1.29 is 0 Å². The molecule has 1 aromatic rings. The van der Waals surface area contributed by atoms with E-state index in [1.165, 1.54) is 6.42 Å². The maximum Gasteiger partial charge on any atom is 0.131 e. The first-order chi connectivity index (χ1) is 7.47. The van der Waals surface area contributed by atoms with E-state index >= 15 is 0 Å². The van der Waals surface area contributed by atoms with Gasteiger partial charge < -0.3 is 11.1 Å². The summed E-state index contributed by atoms with van der Waals surface area (Å²) in [6, 6.07) is 2.19. The fourth-order valence-electron chi connectivity index (χ4n) is 1.57. The molecule has 4 heteroatoms. The van der Waals surface area contributed by atoms with Crippen LogP contribution in [0.25, 0.3) is 0 Å². The van der Waals surface area contributed by atoms with Crippen molar-refractivity contribution >= 4 is 11.6 Å². The van der Waals surface area contributed by atoms with E-state index in [9.17, 15) is 0 Å². The average Bonchev–Trinajstić information content (AvgIpc) is 2.12. The molecule has 0 saturated carbocycles. The lowest BCUT2D eigenvalue weighted by Gasteiger charge is -2.16. The SMILES string of the molecule is Cc1nc(N)cc(NC(C)CCC(C)C)n1. The van der Waals surface area contributed by atoms with Crippen LogP contribution in [0.4, 0.5) is 11.6 Å². The number of anilines is 2. The van der Waals surface area contributed by atoms with Gasteiger partial charge in [-0.25, -0.2) is 9.97 Å². The molecule has 0 bridgehead atoms. The molecule has 1 atom stereocenters. The number of rotatable bonds is 5. The van der Waals surface area contributed by atoms with E-state index in [1.807, 2.05) is 6.92 Å². The van der Waals surface area contributed by atoms with Crippen molar-refractivity contribution in [3.05, 3.63) is 11.9 Å². The molecule has 0 spiro atoms. The normalized spacial score (nSPS) is 12.8. The molecular formula is C12H22N4. The third-order valence-corrected chi connectivity index (χ3v) is 2.43. The third kappa shape index (κ3) is 4.47. The number of aryl methyl sites for hydroxylation is 1. The summed E-state index contributed by atoms with van der Waals surface area (Å²) in [7, 11) is 0. The molecule has 1 unspecified atom stereocenters. The van der Waals surface area contributed by atoms with Crippen LogP contribution in [0.3, 0.4) is 0 Å². The zero-order chi connectivity index (χ0) is 12.1. The van der Waals surface area contributed by atoms with Crippen molar-refractivity contribution in [2.45, 2.75) is 46.6 Å². The summed E-state index contributed by atoms with van der Waals surface area (Å²) in [6.07, 6.45) is 2.36. The van der Waals surface area contributed by atoms with Crippen LogP contribution >= 0.6 is 0 Å². The van der Waals surface area contributed by atoms with E-state index in [0.717, 1.165) is 18.2 Å². The number of nitrogens with one attached hydrogen (secondary N) is 1. The van der Waals surface area contributed by atoms with Crippen molar-refractivity contribution in [1.82, 2.24) is 9.97 Å². The maximum atomic E-state index is 5.67. The van der Waals surface area contributed by atoms with Gasteiger partial charge in [-0.15, -0.1) is 0 Å². The van der Waals surface area contributed by atoms with Gasteiger partial charge in [0, 0.05) is 12.1 Å². The molecule has 0 aliphatic heterocycles. The summed E-state index contributed by atoms with van der Waals surface area (Å²) in [4.78, 5) is 8.34. The number of nitrogen functional groups attached to an aromatic ring is 1. The van der Waals surface area contributed by atoms with E-state index < -0.39 is 0 Å². The third-order valence-electron chi connectivity index (χ3n) is 2.43. The van der Waals surface area contributed by atoms with Gasteiger partial charge in [0.15, 0.2) is 0 Å². The smallest absolute Gasteiger partial charge is 0.131 e. The molecule has 0 aromatic carbocycles. The van der Waals surface area contributed by atoms with Gasteiger partial charge in [-0.2, -0.15) is 0 Å². The maximum absolute atomic E-state index is 5.67. The highest BCUT2D eigenvalue weighted by Gasteiger charge is 2.05. The standard InChI is InChI=1S/C12H22N4/c1-8(2)5-6-9(3)14-12-7-11(13)15-10(4)16-12/h7-9H,5-6H2,1-4H3,(H3,13,14,15,16). The lowest BCUT2D eigenvalue weighted by molar-refractivity contribution is 0.527. The second-order valence-corrected chi connectivity index (χ2v) is 4.74. The zero-order valence-electron chi connectivity index (χ0n) is 10.6. The van der Waals surface area contributed by atoms with E-state index in [4.69, 9.17) is 5.73 Å². The number of hydrogen-bond donors (Lipinski definition) is 2. The Morgan fingerprint density at radius 2 is 1.94 bits per heavy atom. The van der Waals surface area contributed by atoms with Crippen LogP contribution in [0.5, 0.6) is 0 Å². The predicted molar refractivity (Wildman–Crippen MR) is 68.3 cm³/mol. The monoisotopic (exact) mass is 222 g/mol. The Balaban J connectivity index is 2.52. The number of aromatic nitrogens is 2. The van der Waals surface area contributed by atoms with Crippen molar-refractivity contribution in [3.8, 4) is 0 Å². The molecule has 1 aromatic heterocycles. The molecule has 0 amide bonds. The molecule has 16 heavy (non-hydrogen) atoms. The zero-order valence-corrected chi connectivity index (χ0v) is 10.6. The quantitative estimate of drug-likeness (QED) is 0.803. The second-order valence-electron chi connectivity index (χ2n) is 4.74. The predicted octanol–water partition coefficient (Wildman–Crippen LogP) is 2.60. The molecule has 3 N–H and O–H groups in total. The number of nitrogens with zero attached hydrogens (tertiary/aromatic N) is 2. The summed E-state index contributed by atoms with van der Waals surface area (Å²) in [6.45, 7) is 8.48. The summed E-state index contributed by atoms with van der Waals surface area (Å²) in [5, 5.41) is 3.35. The van der Waals surface area contributed by atoms with Crippen molar-refractivity contribution in [2.24, 2.45) is 5.92 Å². The lowest BCUT2D eigenvalue weighted by atomic mass is 10.0. The molecule has 0 fully saturated rings. The van der Waals surface area contributed by atoms with Crippen molar-refractivity contribution in [2.75, 3.05) is 11.1 Å². The van der Waals surface area contributed by atoms with Crippen molar-refractivity contribution in [3.63, 3.8) is 0 Å². The molecule has 4 nitrogen and oxygen atoms in total. The first kappa shape index (κ1) is 12.7. The second kappa shape index (κ2) is 5.68. The average molecular weight is 222 g/mol. The first-order valence-electron chi connectivity index (χ1n) is 5.85. The fraction of sp³-hybridized carbons (Fsp3) is 0.667. The van der Waals surface area contributed by atoms with E-state index in [1.54, 1.807) is 6.07 Å². The molecule has 0 saturated heterocycles. The summed E-state index contributed by atoms with van der Waals surface area (Å²) in [5.41, 5.74) is 5.67. The van der Waals surface area contributed by atoms with Gasteiger partial charge in [-0.1, -0.05) is 13.8 Å². The summed E-state index contributed by atoms with van der Waals surface area (Å²) >= 11 is 0. The largest absolute Gasteiger partial charge is 0.384 e. The molecule has 1 rings (SSSR count). The minimum atomic E-state index is 0.413. The molecule has 0 radical (unpaired) electrons. The van der Waals surface area contributed by atoms with Gasteiger partial charge >= 0.3 is 0 Å². The van der Waals surface area contributed by atoms with Gasteiger partial charge in [-0.3, -0.25) is 0 Å². The van der Waals surface area contributed by atoms with Crippen LogP contribution < -0.4 is 11.1 Å². The van der Waals surface area contributed by atoms with Gasteiger partial charge in [0.2, 0.25) is 0 Å². The Morgan fingerprint density at radius 1 is 1.25 bits per heavy atom. The number of hydrogen-bond acceptors (Lipinski definition) is 4. The van der Waals surface area contributed by atoms with E-state index in [2.05, 4.69) is 36.1 Å². The summed E-state index contributed by atoms with van der Waals surface area (Å²) in [5.74, 6) is 2.78. The van der Waals surface area contributed by atoms with Crippen LogP contribution in [-0.2, 0) is 0 Å². The van der Waals surface area contributed by atoms with Gasteiger partial charge in [-0.05, 0) is 32.6 Å². The molecule has 0 aliphatic carbocycles. The molecular weight excluding hydrogens is 200 g/mol. The van der Waals surface area contributed by atoms with Gasteiger partial charge in [0.25, 0.3) is 0 Å². The first-order valence-corrected chi connectivity index (χ1v) is 5.85. The lowest BCUT2D eigenvalue weighted by Crippen LogP contribution is -2.17.